The highest BCUT2D eigenvalue weighted by molar-refractivity contribution is 14.0. The molecule has 0 unspecified atom stereocenters. The van der Waals surface area contributed by atoms with Gasteiger partial charge in [0.15, 0.2) is 5.96 Å². The number of rotatable bonds is 7. The third-order valence-electron chi connectivity index (χ3n) is 3.95. The summed E-state index contributed by atoms with van der Waals surface area (Å²) in [5, 5.41) is 6.70. The Hall–Kier alpha value is -1.76. The molecule has 0 saturated heterocycles. The van der Waals surface area contributed by atoms with Gasteiger partial charge in [0.05, 0.1) is 7.11 Å². The lowest BCUT2D eigenvalue weighted by Gasteiger charge is -2.12. The number of benzene rings is 2. The molecule has 0 aliphatic rings. The van der Waals surface area contributed by atoms with Gasteiger partial charge < -0.3 is 15.4 Å². The summed E-state index contributed by atoms with van der Waals surface area (Å²) in [5.74, 6) is 1.78. The fourth-order valence-corrected chi connectivity index (χ4v) is 2.54. The average molecular weight is 453 g/mol. The number of ether oxygens (including phenoxy) is 1. The van der Waals surface area contributed by atoms with Crippen LogP contribution in [-0.4, -0.2) is 33.2 Å². The molecule has 0 aromatic heterocycles. The minimum Gasteiger partial charge on any atom is -0.496 e. The average Bonchev–Trinajstić information content (AvgIpc) is 2.62. The van der Waals surface area contributed by atoms with Gasteiger partial charge in [-0.3, -0.25) is 4.99 Å². The third kappa shape index (κ3) is 7.34. The summed E-state index contributed by atoms with van der Waals surface area (Å²) in [7, 11) is 3.51. The highest BCUT2D eigenvalue weighted by Gasteiger charge is 2.02. The van der Waals surface area contributed by atoms with Crippen LogP contribution >= 0.6 is 24.0 Å². The number of hydrogen-bond acceptors (Lipinski definition) is 2. The fourth-order valence-electron chi connectivity index (χ4n) is 2.54. The van der Waals surface area contributed by atoms with Crippen molar-refractivity contribution >= 4 is 29.9 Å². The first-order chi connectivity index (χ1) is 11.7. The van der Waals surface area contributed by atoms with Crippen molar-refractivity contribution in [2.45, 2.75) is 19.8 Å². The summed E-state index contributed by atoms with van der Waals surface area (Å²) in [6.07, 6.45) is 1.91. The molecule has 0 aliphatic carbocycles. The fraction of sp³-hybridized carbons (Fsp3) is 0.350. The molecule has 2 aromatic rings. The molecule has 0 heterocycles. The molecule has 0 aliphatic heterocycles. The molecule has 2 aromatic carbocycles. The molecule has 0 atom stereocenters. The number of aliphatic imine (C=N–C) groups is 1. The van der Waals surface area contributed by atoms with Crippen LogP contribution in [-0.2, 0) is 12.8 Å². The molecule has 0 amide bonds. The third-order valence-corrected chi connectivity index (χ3v) is 3.95. The van der Waals surface area contributed by atoms with Gasteiger partial charge in [0.2, 0.25) is 0 Å². The number of nitrogens with zero attached hydrogens (tertiary/aromatic N) is 1. The van der Waals surface area contributed by atoms with E-state index in [1.807, 2.05) is 6.07 Å². The van der Waals surface area contributed by atoms with Gasteiger partial charge in [-0.25, -0.2) is 0 Å². The van der Waals surface area contributed by atoms with Crippen LogP contribution in [0.3, 0.4) is 0 Å². The number of guanidine groups is 1. The number of aryl methyl sites for hydroxylation is 1. The van der Waals surface area contributed by atoms with Gasteiger partial charge in [-0.1, -0.05) is 42.5 Å². The maximum absolute atomic E-state index is 5.37. The molecule has 0 bridgehead atoms. The van der Waals surface area contributed by atoms with Gasteiger partial charge in [-0.2, -0.15) is 0 Å². The summed E-state index contributed by atoms with van der Waals surface area (Å²) in [5.41, 5.74) is 3.74. The number of nitrogens with one attached hydrogen (secondary N) is 2. The summed E-state index contributed by atoms with van der Waals surface area (Å²) < 4.78 is 5.37. The Labute approximate surface area is 168 Å². The van der Waals surface area contributed by atoms with Crippen LogP contribution in [0, 0.1) is 6.92 Å². The molecule has 136 valence electrons. The zero-order valence-corrected chi connectivity index (χ0v) is 17.5. The number of hydrogen-bond donors (Lipinski definition) is 2. The predicted octanol–water partition coefficient (Wildman–Crippen LogP) is 3.57. The van der Waals surface area contributed by atoms with E-state index in [1.165, 1.54) is 11.1 Å². The Morgan fingerprint density at radius 3 is 2.20 bits per heavy atom. The van der Waals surface area contributed by atoms with Crippen LogP contribution in [0.5, 0.6) is 5.75 Å². The number of methoxy groups -OCH3 is 1. The van der Waals surface area contributed by atoms with Gasteiger partial charge in [-0.15, -0.1) is 24.0 Å². The van der Waals surface area contributed by atoms with E-state index in [-0.39, 0.29) is 24.0 Å². The van der Waals surface area contributed by atoms with E-state index in [9.17, 15) is 0 Å². The van der Waals surface area contributed by atoms with Gasteiger partial charge in [0.1, 0.15) is 5.75 Å². The van der Waals surface area contributed by atoms with E-state index in [2.05, 4.69) is 65.0 Å². The lowest BCUT2D eigenvalue weighted by molar-refractivity contribution is 0.411. The lowest BCUT2D eigenvalue weighted by Crippen LogP contribution is -2.39. The Bertz CT molecular complexity index is 659. The molecular weight excluding hydrogens is 425 g/mol. The molecule has 0 fully saturated rings. The molecule has 0 saturated carbocycles. The highest BCUT2D eigenvalue weighted by atomic mass is 127. The molecule has 4 nitrogen and oxygen atoms in total. The molecule has 25 heavy (non-hydrogen) atoms. The largest absolute Gasteiger partial charge is 0.496 e. The standard InChI is InChI=1S/C20H27N3O.HI/c1-16-9-10-18(15-19(16)24-3)12-14-23-20(21-2)22-13-11-17-7-5-4-6-8-17;/h4-10,15H,11-14H2,1-3H3,(H2,21,22,23);1H. The second-order valence-electron chi connectivity index (χ2n) is 5.72. The summed E-state index contributed by atoms with van der Waals surface area (Å²) >= 11 is 0. The van der Waals surface area contributed by atoms with Gasteiger partial charge in [0.25, 0.3) is 0 Å². The highest BCUT2D eigenvalue weighted by Crippen LogP contribution is 2.18. The number of halogens is 1. The zero-order valence-electron chi connectivity index (χ0n) is 15.2. The molecule has 0 spiro atoms. The quantitative estimate of drug-likeness (QED) is 0.383. The molecule has 0 radical (unpaired) electrons. The Balaban J connectivity index is 0.00000312. The van der Waals surface area contributed by atoms with E-state index in [0.717, 1.165) is 43.2 Å². The minimum absolute atomic E-state index is 0. The van der Waals surface area contributed by atoms with Crippen molar-refractivity contribution < 1.29 is 4.74 Å². The smallest absolute Gasteiger partial charge is 0.190 e. The first-order valence-corrected chi connectivity index (χ1v) is 8.35. The van der Waals surface area contributed by atoms with Crippen molar-refractivity contribution in [3.8, 4) is 5.75 Å². The Morgan fingerprint density at radius 1 is 0.960 bits per heavy atom. The maximum atomic E-state index is 5.37. The van der Waals surface area contributed by atoms with Crippen molar-refractivity contribution in [2.75, 3.05) is 27.2 Å². The van der Waals surface area contributed by atoms with E-state index < -0.39 is 0 Å². The van der Waals surface area contributed by atoms with E-state index in [4.69, 9.17) is 4.74 Å². The van der Waals surface area contributed by atoms with Crippen molar-refractivity contribution in [3.05, 3.63) is 65.2 Å². The van der Waals surface area contributed by atoms with Crippen LogP contribution in [0.25, 0.3) is 0 Å². The van der Waals surface area contributed by atoms with Crippen molar-refractivity contribution in [3.63, 3.8) is 0 Å². The van der Waals surface area contributed by atoms with Crippen molar-refractivity contribution in [1.29, 1.82) is 0 Å². The zero-order chi connectivity index (χ0) is 17.2. The van der Waals surface area contributed by atoms with Crippen molar-refractivity contribution in [2.24, 2.45) is 4.99 Å². The van der Waals surface area contributed by atoms with Gasteiger partial charge >= 0.3 is 0 Å². The molecule has 2 N–H and O–H groups in total. The first-order valence-electron chi connectivity index (χ1n) is 8.35. The first kappa shape index (κ1) is 21.3. The summed E-state index contributed by atoms with van der Waals surface area (Å²) in [4.78, 5) is 4.27. The van der Waals surface area contributed by atoms with Crippen LogP contribution in [0.2, 0.25) is 0 Å². The summed E-state index contributed by atoms with van der Waals surface area (Å²) in [6, 6.07) is 16.8. The molecular formula is C20H28IN3O. The predicted molar refractivity (Wildman–Crippen MR) is 116 cm³/mol. The van der Waals surface area contributed by atoms with Crippen molar-refractivity contribution in [1.82, 2.24) is 10.6 Å². The van der Waals surface area contributed by atoms with Crippen LogP contribution in [0.1, 0.15) is 16.7 Å². The Morgan fingerprint density at radius 2 is 1.60 bits per heavy atom. The minimum atomic E-state index is 0. The topological polar surface area (TPSA) is 45.7 Å². The maximum Gasteiger partial charge on any atom is 0.190 e. The second-order valence-corrected chi connectivity index (χ2v) is 5.72. The van der Waals surface area contributed by atoms with Crippen LogP contribution in [0.4, 0.5) is 0 Å². The monoisotopic (exact) mass is 453 g/mol. The Kier molecular flexibility index (Phi) is 9.99. The van der Waals surface area contributed by atoms with E-state index in [0.29, 0.717) is 0 Å². The van der Waals surface area contributed by atoms with E-state index >= 15 is 0 Å². The van der Waals surface area contributed by atoms with Crippen LogP contribution in [0.15, 0.2) is 53.5 Å². The van der Waals surface area contributed by atoms with Gasteiger partial charge in [-0.05, 0) is 42.5 Å². The van der Waals surface area contributed by atoms with Crippen LogP contribution < -0.4 is 15.4 Å². The summed E-state index contributed by atoms with van der Waals surface area (Å²) in [6.45, 7) is 3.75. The second kappa shape index (κ2) is 11.7. The molecule has 5 heteroatoms. The SMILES string of the molecule is CN=C(NCCc1ccccc1)NCCc1ccc(C)c(OC)c1.I. The molecule has 2 rings (SSSR count). The normalized spacial score (nSPS) is 10.8. The van der Waals surface area contributed by atoms with Gasteiger partial charge in [0, 0.05) is 20.1 Å². The van der Waals surface area contributed by atoms with E-state index in [1.54, 1.807) is 14.2 Å². The lowest BCUT2D eigenvalue weighted by atomic mass is 10.1.